The summed E-state index contributed by atoms with van der Waals surface area (Å²) in [5, 5.41) is 2.51. The van der Waals surface area contributed by atoms with Gasteiger partial charge in [0.25, 0.3) is 5.91 Å². The standard InChI is InChI=1S/C12H10F3NO/c13-12(14,15)10-6-11(10,7-10)16-9(17)8-4-2-1-3-5-8/h1-5H,6-7H2,(H,16,17). The van der Waals surface area contributed by atoms with Gasteiger partial charge in [0.1, 0.15) is 0 Å². The lowest BCUT2D eigenvalue weighted by Gasteiger charge is -2.06. The Bertz CT molecular complexity index is 474. The number of carbonyl (C=O) groups is 1. The molecule has 0 radical (unpaired) electrons. The molecule has 0 unspecified atom stereocenters. The molecule has 2 fully saturated rings. The maximum absolute atomic E-state index is 12.6. The van der Waals surface area contributed by atoms with Crippen LogP contribution in [0.15, 0.2) is 30.3 Å². The number of amides is 1. The van der Waals surface area contributed by atoms with E-state index in [0.29, 0.717) is 5.56 Å². The number of rotatable bonds is 2. The van der Waals surface area contributed by atoms with Crippen LogP contribution < -0.4 is 5.32 Å². The lowest BCUT2D eigenvalue weighted by atomic mass is 10.2. The Morgan fingerprint density at radius 3 is 2.24 bits per heavy atom. The van der Waals surface area contributed by atoms with E-state index in [4.69, 9.17) is 0 Å². The summed E-state index contributed by atoms with van der Waals surface area (Å²) in [6.45, 7) is 0. The van der Waals surface area contributed by atoms with Gasteiger partial charge in [-0.25, -0.2) is 0 Å². The van der Waals surface area contributed by atoms with E-state index in [2.05, 4.69) is 5.32 Å². The molecule has 2 aliphatic rings. The van der Waals surface area contributed by atoms with Crippen LogP contribution in [-0.2, 0) is 0 Å². The van der Waals surface area contributed by atoms with Crippen LogP contribution in [0.2, 0.25) is 0 Å². The van der Waals surface area contributed by atoms with E-state index in [1.54, 1.807) is 30.3 Å². The quantitative estimate of drug-likeness (QED) is 0.846. The molecule has 1 amide bonds. The fourth-order valence-electron chi connectivity index (χ4n) is 2.45. The van der Waals surface area contributed by atoms with Gasteiger partial charge in [0.05, 0.1) is 11.0 Å². The van der Waals surface area contributed by atoms with Crippen molar-refractivity contribution >= 4 is 5.91 Å². The topological polar surface area (TPSA) is 29.1 Å². The second-order valence-electron chi connectivity index (χ2n) is 4.84. The number of nitrogens with one attached hydrogen (secondary N) is 1. The molecule has 0 aromatic heterocycles. The zero-order chi connectivity index (χ0) is 12.3. The summed E-state index contributed by atoms with van der Waals surface area (Å²) in [5.74, 6) is -0.422. The molecular formula is C12H10F3NO. The second-order valence-corrected chi connectivity index (χ2v) is 4.84. The second kappa shape index (κ2) is 2.83. The van der Waals surface area contributed by atoms with Crippen molar-refractivity contribution in [2.75, 3.05) is 0 Å². The zero-order valence-corrected chi connectivity index (χ0v) is 8.84. The van der Waals surface area contributed by atoms with Gasteiger partial charge >= 0.3 is 6.18 Å². The van der Waals surface area contributed by atoms with Crippen LogP contribution >= 0.6 is 0 Å². The lowest BCUT2D eigenvalue weighted by Crippen LogP contribution is -2.31. The normalized spacial score (nSPS) is 33.8. The highest BCUT2D eigenvalue weighted by molar-refractivity contribution is 5.95. The predicted octanol–water partition coefficient (Wildman–Crippen LogP) is 2.51. The summed E-state index contributed by atoms with van der Waals surface area (Å²) in [5.41, 5.74) is -2.22. The van der Waals surface area contributed by atoms with Crippen LogP contribution in [-0.4, -0.2) is 17.6 Å². The van der Waals surface area contributed by atoms with Crippen molar-refractivity contribution < 1.29 is 18.0 Å². The Balaban J connectivity index is 1.71. The van der Waals surface area contributed by atoms with Gasteiger partial charge in [0, 0.05) is 5.56 Å². The van der Waals surface area contributed by atoms with Gasteiger partial charge in [0.15, 0.2) is 0 Å². The van der Waals surface area contributed by atoms with Gasteiger partial charge < -0.3 is 5.32 Å². The molecule has 90 valence electrons. The average Bonchev–Trinajstić information content (AvgIpc) is 3.04. The SMILES string of the molecule is O=C(NC12CC1(C(F)(F)F)C2)c1ccccc1. The van der Waals surface area contributed by atoms with Crippen molar-refractivity contribution in [2.24, 2.45) is 5.41 Å². The number of benzene rings is 1. The minimum atomic E-state index is -4.20. The summed E-state index contributed by atoms with van der Waals surface area (Å²) in [6.07, 6.45) is -4.14. The number of fused-ring (bicyclic) bond motifs is 1. The Morgan fingerprint density at radius 2 is 1.76 bits per heavy atom. The third-order valence-electron chi connectivity index (χ3n) is 3.80. The van der Waals surface area contributed by atoms with Gasteiger partial charge in [-0.05, 0) is 25.0 Å². The first-order chi connectivity index (χ1) is 7.90. The van der Waals surface area contributed by atoms with Gasteiger partial charge in [-0.15, -0.1) is 0 Å². The Kier molecular flexibility index (Phi) is 1.77. The van der Waals surface area contributed by atoms with E-state index in [1.807, 2.05) is 0 Å². The third kappa shape index (κ3) is 1.31. The molecule has 1 aromatic carbocycles. The van der Waals surface area contributed by atoms with Crippen LogP contribution in [0, 0.1) is 5.41 Å². The maximum Gasteiger partial charge on any atom is 0.396 e. The van der Waals surface area contributed by atoms with Crippen LogP contribution in [0.5, 0.6) is 0 Å². The lowest BCUT2D eigenvalue weighted by molar-refractivity contribution is -0.167. The van der Waals surface area contributed by atoms with Gasteiger partial charge in [-0.1, -0.05) is 18.2 Å². The van der Waals surface area contributed by atoms with Crippen molar-refractivity contribution in [1.82, 2.24) is 5.32 Å². The molecule has 2 nitrogen and oxygen atoms in total. The molecule has 2 saturated carbocycles. The number of carbonyl (C=O) groups excluding carboxylic acids is 1. The van der Waals surface area contributed by atoms with Gasteiger partial charge in [0.2, 0.25) is 0 Å². The van der Waals surface area contributed by atoms with Crippen LogP contribution in [0.25, 0.3) is 0 Å². The number of alkyl halides is 3. The maximum atomic E-state index is 12.6. The third-order valence-corrected chi connectivity index (χ3v) is 3.80. The first kappa shape index (κ1) is 10.6. The molecular weight excluding hydrogens is 231 g/mol. The van der Waals surface area contributed by atoms with E-state index in [1.165, 1.54) is 0 Å². The highest BCUT2D eigenvalue weighted by atomic mass is 19.4. The highest BCUT2D eigenvalue weighted by Crippen LogP contribution is 2.84. The average molecular weight is 241 g/mol. The molecule has 0 atom stereocenters. The summed E-state index contributed by atoms with van der Waals surface area (Å²) in [4.78, 5) is 11.7. The van der Waals surface area contributed by atoms with Crippen molar-refractivity contribution in [3.05, 3.63) is 35.9 Å². The molecule has 0 aliphatic heterocycles. The number of hydrogen-bond donors (Lipinski definition) is 1. The van der Waals surface area contributed by atoms with Crippen molar-refractivity contribution in [3.8, 4) is 0 Å². The molecule has 5 heteroatoms. The van der Waals surface area contributed by atoms with E-state index < -0.39 is 23.0 Å². The molecule has 1 N–H and O–H groups in total. The van der Waals surface area contributed by atoms with Crippen LogP contribution in [0.1, 0.15) is 23.2 Å². The fourth-order valence-corrected chi connectivity index (χ4v) is 2.45. The molecule has 0 bridgehead atoms. The van der Waals surface area contributed by atoms with Crippen LogP contribution in [0.4, 0.5) is 13.2 Å². The first-order valence-corrected chi connectivity index (χ1v) is 5.35. The van der Waals surface area contributed by atoms with Crippen molar-refractivity contribution in [1.29, 1.82) is 0 Å². The van der Waals surface area contributed by atoms with Gasteiger partial charge in [-0.3, -0.25) is 4.79 Å². The molecule has 1 aromatic rings. The minimum Gasteiger partial charge on any atom is -0.346 e. The monoisotopic (exact) mass is 241 g/mol. The van der Waals surface area contributed by atoms with E-state index in [-0.39, 0.29) is 12.8 Å². The summed E-state index contributed by atoms with van der Waals surface area (Å²) in [7, 11) is 0. The smallest absolute Gasteiger partial charge is 0.346 e. The Morgan fingerprint density at radius 1 is 1.18 bits per heavy atom. The molecule has 2 aliphatic carbocycles. The largest absolute Gasteiger partial charge is 0.396 e. The van der Waals surface area contributed by atoms with Crippen LogP contribution in [0.3, 0.4) is 0 Å². The minimum absolute atomic E-state index is 0.0298. The molecule has 0 spiro atoms. The zero-order valence-electron chi connectivity index (χ0n) is 8.84. The molecule has 3 rings (SSSR count). The van der Waals surface area contributed by atoms with Crippen molar-refractivity contribution in [2.45, 2.75) is 24.6 Å². The van der Waals surface area contributed by atoms with E-state index in [0.717, 1.165) is 0 Å². The summed E-state index contributed by atoms with van der Waals surface area (Å²) < 4.78 is 37.8. The predicted molar refractivity (Wildman–Crippen MR) is 54.4 cm³/mol. The van der Waals surface area contributed by atoms with Crippen molar-refractivity contribution in [3.63, 3.8) is 0 Å². The van der Waals surface area contributed by atoms with E-state index in [9.17, 15) is 18.0 Å². The Labute approximate surface area is 95.8 Å². The molecule has 17 heavy (non-hydrogen) atoms. The van der Waals surface area contributed by atoms with Gasteiger partial charge in [-0.2, -0.15) is 13.2 Å². The summed E-state index contributed by atoms with van der Waals surface area (Å²) >= 11 is 0. The summed E-state index contributed by atoms with van der Waals surface area (Å²) in [6, 6.07) is 8.30. The first-order valence-electron chi connectivity index (χ1n) is 5.35. The number of halogens is 3. The van der Waals surface area contributed by atoms with E-state index >= 15 is 0 Å². The molecule has 0 heterocycles. The molecule has 0 saturated heterocycles. The Hall–Kier alpha value is -1.52. The number of hydrogen-bond acceptors (Lipinski definition) is 1. The highest BCUT2D eigenvalue weighted by Gasteiger charge is 2.94. The fraction of sp³-hybridized carbons (Fsp3) is 0.417.